The van der Waals surface area contributed by atoms with Gasteiger partial charge in [0.15, 0.2) is 0 Å². The highest BCUT2D eigenvalue weighted by atomic mass is 79.9. The third-order valence-electron chi connectivity index (χ3n) is 2.67. The van der Waals surface area contributed by atoms with Gasteiger partial charge < -0.3 is 10.0 Å². The van der Waals surface area contributed by atoms with Gasteiger partial charge >= 0.3 is 6.18 Å². The maximum Gasteiger partial charge on any atom is 0.417 e. The van der Waals surface area contributed by atoms with Gasteiger partial charge in [0.2, 0.25) is 0 Å². The Hall–Kier alpha value is -1.08. The van der Waals surface area contributed by atoms with Crippen LogP contribution in [0.3, 0.4) is 0 Å². The zero-order valence-corrected chi connectivity index (χ0v) is 10.6. The molecular formula is C11H9BrF3NO2. The molecule has 18 heavy (non-hydrogen) atoms. The molecular weight excluding hydrogens is 315 g/mol. The number of carbonyl (C=O) groups is 1. The van der Waals surface area contributed by atoms with Crippen molar-refractivity contribution in [3.63, 3.8) is 0 Å². The van der Waals surface area contributed by atoms with Crippen LogP contribution in [0.2, 0.25) is 0 Å². The molecule has 1 N–H and O–H groups in total. The average Bonchev–Trinajstić information content (AvgIpc) is 2.23. The van der Waals surface area contributed by atoms with Gasteiger partial charge in [-0.1, -0.05) is 15.9 Å². The molecule has 0 aromatic heterocycles. The van der Waals surface area contributed by atoms with Crippen LogP contribution in [0.1, 0.15) is 15.9 Å². The van der Waals surface area contributed by atoms with Gasteiger partial charge in [-0.15, -0.1) is 0 Å². The minimum Gasteiger partial charge on any atom is -0.389 e. The molecule has 1 aromatic rings. The number of hydrogen-bond donors (Lipinski definition) is 1. The van der Waals surface area contributed by atoms with Crippen molar-refractivity contribution in [3.8, 4) is 0 Å². The first kappa shape index (κ1) is 13.4. The molecule has 1 fully saturated rings. The van der Waals surface area contributed by atoms with Crippen molar-refractivity contribution >= 4 is 21.8 Å². The van der Waals surface area contributed by atoms with Gasteiger partial charge in [0.25, 0.3) is 5.91 Å². The van der Waals surface area contributed by atoms with E-state index >= 15 is 0 Å². The van der Waals surface area contributed by atoms with E-state index in [1.165, 1.54) is 17.0 Å². The van der Waals surface area contributed by atoms with Crippen LogP contribution in [-0.2, 0) is 6.18 Å². The molecule has 0 atom stereocenters. The topological polar surface area (TPSA) is 40.5 Å². The number of nitrogens with zero attached hydrogens (tertiary/aromatic N) is 1. The summed E-state index contributed by atoms with van der Waals surface area (Å²) in [6.07, 6.45) is -5.09. The van der Waals surface area contributed by atoms with Gasteiger partial charge in [0, 0.05) is 23.1 Å². The second-order valence-electron chi connectivity index (χ2n) is 4.06. The van der Waals surface area contributed by atoms with E-state index in [1.807, 2.05) is 0 Å². The molecule has 0 bridgehead atoms. The molecule has 2 rings (SSSR count). The summed E-state index contributed by atoms with van der Waals surface area (Å²) in [7, 11) is 0. The molecule has 1 saturated heterocycles. The molecule has 1 aliphatic rings. The summed E-state index contributed by atoms with van der Waals surface area (Å²) in [4.78, 5) is 13.1. The number of β-amino-alcohol motifs (C(OH)–C–C–N with tert-alkyl or cyclic N) is 1. The minimum atomic E-state index is -4.51. The van der Waals surface area contributed by atoms with E-state index in [2.05, 4.69) is 15.9 Å². The van der Waals surface area contributed by atoms with E-state index in [0.717, 1.165) is 6.07 Å². The number of hydrogen-bond acceptors (Lipinski definition) is 2. The fourth-order valence-electron chi connectivity index (χ4n) is 1.68. The lowest BCUT2D eigenvalue weighted by Gasteiger charge is -2.36. The molecule has 0 unspecified atom stereocenters. The molecule has 1 heterocycles. The summed E-state index contributed by atoms with van der Waals surface area (Å²) in [6.45, 7) is 0.326. The Bertz CT molecular complexity index is 484. The van der Waals surface area contributed by atoms with Crippen LogP contribution in [0.25, 0.3) is 0 Å². The largest absolute Gasteiger partial charge is 0.417 e. The molecule has 1 amide bonds. The van der Waals surface area contributed by atoms with Crippen molar-refractivity contribution in [2.75, 3.05) is 13.1 Å². The molecule has 0 aliphatic carbocycles. The highest BCUT2D eigenvalue weighted by Gasteiger charge is 2.35. The molecule has 98 valence electrons. The molecule has 3 nitrogen and oxygen atoms in total. The third kappa shape index (κ3) is 2.51. The number of benzene rings is 1. The monoisotopic (exact) mass is 323 g/mol. The van der Waals surface area contributed by atoms with Crippen LogP contribution in [-0.4, -0.2) is 35.1 Å². The van der Waals surface area contributed by atoms with Gasteiger partial charge in [-0.2, -0.15) is 13.2 Å². The Morgan fingerprint density at radius 1 is 1.39 bits per heavy atom. The highest BCUT2D eigenvalue weighted by molar-refractivity contribution is 9.10. The predicted octanol–water partition coefficient (Wildman–Crippen LogP) is 2.28. The van der Waals surface area contributed by atoms with E-state index < -0.39 is 23.8 Å². The van der Waals surface area contributed by atoms with Crippen molar-refractivity contribution in [2.45, 2.75) is 12.3 Å². The van der Waals surface area contributed by atoms with E-state index in [9.17, 15) is 18.0 Å². The third-order valence-corrected chi connectivity index (χ3v) is 3.36. The summed E-state index contributed by atoms with van der Waals surface area (Å²) in [5, 5.41) is 9.06. The van der Waals surface area contributed by atoms with E-state index in [4.69, 9.17) is 5.11 Å². The normalized spacial score (nSPS) is 16.6. The van der Waals surface area contributed by atoms with Crippen LogP contribution >= 0.6 is 15.9 Å². The van der Waals surface area contributed by atoms with Crippen LogP contribution in [0, 0.1) is 0 Å². The Labute approximate surface area is 109 Å². The lowest BCUT2D eigenvalue weighted by Crippen LogP contribution is -2.53. The maximum atomic E-state index is 12.7. The number of aliphatic hydroxyl groups excluding tert-OH is 1. The molecule has 1 aromatic carbocycles. The van der Waals surface area contributed by atoms with Gasteiger partial charge in [-0.3, -0.25) is 4.79 Å². The van der Waals surface area contributed by atoms with Gasteiger partial charge in [-0.25, -0.2) is 0 Å². The molecule has 1 aliphatic heterocycles. The molecule has 0 radical (unpaired) electrons. The first-order valence-electron chi connectivity index (χ1n) is 5.13. The summed E-state index contributed by atoms with van der Waals surface area (Å²) >= 11 is 2.81. The van der Waals surface area contributed by atoms with E-state index in [0.29, 0.717) is 0 Å². The van der Waals surface area contributed by atoms with Crippen molar-refractivity contribution in [2.24, 2.45) is 0 Å². The molecule has 0 spiro atoms. The maximum absolute atomic E-state index is 12.7. The fraction of sp³-hybridized carbons (Fsp3) is 0.364. The minimum absolute atomic E-state index is 0.0302. The number of carbonyl (C=O) groups excluding carboxylic acids is 1. The molecule has 0 saturated carbocycles. The Morgan fingerprint density at radius 2 is 2.00 bits per heavy atom. The first-order valence-corrected chi connectivity index (χ1v) is 5.92. The Balaban J connectivity index is 2.27. The van der Waals surface area contributed by atoms with Crippen LogP contribution < -0.4 is 0 Å². The number of rotatable bonds is 1. The van der Waals surface area contributed by atoms with Crippen LogP contribution in [0.5, 0.6) is 0 Å². The number of halogens is 4. The van der Waals surface area contributed by atoms with E-state index in [-0.39, 0.29) is 23.1 Å². The Kier molecular flexibility index (Phi) is 3.37. The second kappa shape index (κ2) is 4.55. The van der Waals surface area contributed by atoms with Crippen LogP contribution in [0.15, 0.2) is 22.7 Å². The van der Waals surface area contributed by atoms with Gasteiger partial charge in [-0.05, 0) is 18.2 Å². The summed E-state index contributed by atoms with van der Waals surface area (Å²) < 4.78 is 37.9. The zero-order chi connectivity index (χ0) is 13.5. The summed E-state index contributed by atoms with van der Waals surface area (Å²) in [5.74, 6) is -0.502. The summed E-state index contributed by atoms with van der Waals surface area (Å²) in [6, 6.07) is 3.34. The standard InChI is InChI=1S/C11H9BrF3NO2/c12-9-2-1-6(3-8(9)11(13,14)15)10(18)16-4-7(17)5-16/h1-3,7,17H,4-5H2. The SMILES string of the molecule is O=C(c1ccc(Br)c(C(F)(F)F)c1)N1CC(O)C1. The average molecular weight is 324 g/mol. The number of aliphatic hydroxyl groups is 1. The summed E-state index contributed by atoms with van der Waals surface area (Å²) in [5.41, 5.74) is -0.910. The predicted molar refractivity (Wildman–Crippen MR) is 61.1 cm³/mol. The van der Waals surface area contributed by atoms with Crippen molar-refractivity contribution < 1.29 is 23.1 Å². The Morgan fingerprint density at radius 3 is 2.50 bits per heavy atom. The van der Waals surface area contributed by atoms with Gasteiger partial charge in [0.05, 0.1) is 11.7 Å². The van der Waals surface area contributed by atoms with Crippen molar-refractivity contribution in [1.82, 2.24) is 4.90 Å². The van der Waals surface area contributed by atoms with Crippen LogP contribution in [0.4, 0.5) is 13.2 Å². The smallest absolute Gasteiger partial charge is 0.389 e. The van der Waals surface area contributed by atoms with Crippen molar-refractivity contribution in [3.05, 3.63) is 33.8 Å². The fourth-order valence-corrected chi connectivity index (χ4v) is 2.15. The molecule has 7 heteroatoms. The number of amides is 1. The number of alkyl halides is 3. The quantitative estimate of drug-likeness (QED) is 0.861. The second-order valence-corrected chi connectivity index (χ2v) is 4.91. The lowest BCUT2D eigenvalue weighted by molar-refractivity contribution is -0.138. The highest BCUT2D eigenvalue weighted by Crippen LogP contribution is 2.35. The van der Waals surface area contributed by atoms with Crippen molar-refractivity contribution in [1.29, 1.82) is 0 Å². The van der Waals surface area contributed by atoms with Gasteiger partial charge in [0.1, 0.15) is 0 Å². The zero-order valence-electron chi connectivity index (χ0n) is 9.04. The lowest BCUT2D eigenvalue weighted by atomic mass is 10.1. The first-order chi connectivity index (χ1) is 8.29. The number of likely N-dealkylation sites (tertiary alicyclic amines) is 1. The van der Waals surface area contributed by atoms with E-state index in [1.54, 1.807) is 0 Å².